The molecule has 13 nitrogen and oxygen atoms in total. The number of ether oxygens (including phenoxy) is 2. The van der Waals surface area contributed by atoms with E-state index in [1.807, 2.05) is 27.7 Å². The molecule has 1 aromatic carbocycles. The second-order valence-corrected chi connectivity index (χ2v) is 13.6. The zero-order chi connectivity index (χ0) is 32.6. The lowest BCUT2D eigenvalue weighted by atomic mass is 10.0. The summed E-state index contributed by atoms with van der Waals surface area (Å²) in [5, 5.41) is 12.9. The van der Waals surface area contributed by atoms with Gasteiger partial charge in [-0.2, -0.15) is 8.42 Å². The number of hydrogen-bond acceptors (Lipinski definition) is 8. The molecule has 0 fully saturated rings. The highest BCUT2D eigenvalue weighted by atomic mass is 32.2. The van der Waals surface area contributed by atoms with E-state index in [9.17, 15) is 23.1 Å². The van der Waals surface area contributed by atoms with Crippen LogP contribution in [0.4, 0.5) is 10.5 Å². The molecular weight excluding hydrogens is 588 g/mol. The van der Waals surface area contributed by atoms with Gasteiger partial charge >= 0.3 is 6.03 Å². The third-order valence-corrected chi connectivity index (χ3v) is 8.74. The van der Waals surface area contributed by atoms with Crippen LogP contribution in [-0.4, -0.2) is 102 Å². The molecule has 0 aliphatic carbocycles. The van der Waals surface area contributed by atoms with Gasteiger partial charge in [0.1, 0.15) is 5.75 Å². The van der Waals surface area contributed by atoms with Crippen molar-refractivity contribution in [2.24, 2.45) is 13.0 Å². The van der Waals surface area contributed by atoms with E-state index in [-0.39, 0.29) is 59.6 Å². The lowest BCUT2D eigenvalue weighted by Crippen LogP contribution is -2.49. The fourth-order valence-corrected chi connectivity index (χ4v) is 5.93. The van der Waals surface area contributed by atoms with Gasteiger partial charge in [0.15, 0.2) is 5.03 Å². The average Bonchev–Trinajstić information content (AvgIpc) is 3.41. The lowest BCUT2D eigenvalue weighted by Gasteiger charge is -2.36. The molecule has 3 rings (SSSR count). The second kappa shape index (κ2) is 15.6. The molecule has 0 saturated heterocycles. The molecule has 2 heterocycles. The Balaban J connectivity index is 1.98. The third-order valence-electron chi connectivity index (χ3n) is 7.47. The summed E-state index contributed by atoms with van der Waals surface area (Å²) in [7, 11) is -0.637. The summed E-state index contributed by atoms with van der Waals surface area (Å²) in [6.07, 6.45) is 4.47. The maximum Gasteiger partial charge on any atom is 0.317 e. The van der Waals surface area contributed by atoms with E-state index in [0.717, 1.165) is 12.8 Å². The van der Waals surface area contributed by atoms with Gasteiger partial charge in [0.2, 0.25) is 0 Å². The number of nitrogens with zero attached hydrogens (tertiary/aromatic N) is 4. The molecule has 3 N–H and O–H groups in total. The van der Waals surface area contributed by atoms with Crippen molar-refractivity contribution in [1.82, 2.24) is 24.7 Å². The first-order chi connectivity index (χ1) is 20.7. The maximum atomic E-state index is 14.2. The van der Waals surface area contributed by atoms with E-state index in [4.69, 9.17) is 9.47 Å². The minimum absolute atomic E-state index is 0.0200. The number of imidazole rings is 1. The number of likely N-dealkylation sites (N-methyl/N-ethyl adjacent to an activating group) is 1. The number of carbonyl (C=O) groups is 2. The van der Waals surface area contributed by atoms with Gasteiger partial charge in [0.25, 0.3) is 15.9 Å². The molecule has 44 heavy (non-hydrogen) atoms. The predicted molar refractivity (Wildman–Crippen MR) is 167 cm³/mol. The largest absolute Gasteiger partial charge is 0.490 e. The molecule has 246 valence electrons. The molecule has 3 amide bonds. The van der Waals surface area contributed by atoms with Crippen molar-refractivity contribution in [3.8, 4) is 5.75 Å². The van der Waals surface area contributed by atoms with Crippen LogP contribution in [0.5, 0.6) is 5.75 Å². The number of rotatable bonds is 8. The summed E-state index contributed by atoms with van der Waals surface area (Å²) in [4.78, 5) is 34.0. The number of anilines is 1. The molecule has 1 aliphatic heterocycles. The molecule has 0 unspecified atom stereocenters. The van der Waals surface area contributed by atoms with Gasteiger partial charge in [-0.3, -0.25) is 9.52 Å². The zero-order valence-electron chi connectivity index (χ0n) is 26.8. The number of sulfonamides is 1. The molecule has 0 saturated carbocycles. The van der Waals surface area contributed by atoms with Gasteiger partial charge in [-0.1, -0.05) is 6.92 Å². The van der Waals surface area contributed by atoms with Crippen molar-refractivity contribution < 1.29 is 32.6 Å². The molecular formula is C30H48N6O7S. The van der Waals surface area contributed by atoms with Crippen molar-refractivity contribution in [3.05, 3.63) is 36.3 Å². The number of amides is 3. The van der Waals surface area contributed by atoms with Gasteiger partial charge in [0, 0.05) is 57.6 Å². The molecule has 1 aromatic heterocycles. The topological polar surface area (TPSA) is 155 Å². The number of carbonyl (C=O) groups excluding carboxylic acids is 2. The minimum atomic E-state index is -4.01. The molecule has 0 radical (unpaired) electrons. The average molecular weight is 637 g/mol. The van der Waals surface area contributed by atoms with Crippen LogP contribution in [0.1, 0.15) is 64.2 Å². The van der Waals surface area contributed by atoms with Gasteiger partial charge in [-0.25, -0.2) is 9.78 Å². The molecule has 14 heteroatoms. The van der Waals surface area contributed by atoms with Crippen LogP contribution < -0.4 is 14.8 Å². The fraction of sp³-hybridized carbons (Fsp3) is 0.633. The molecule has 0 spiro atoms. The van der Waals surface area contributed by atoms with Crippen LogP contribution in [0.3, 0.4) is 0 Å². The number of aromatic nitrogens is 2. The normalized spacial score (nSPS) is 21.2. The van der Waals surface area contributed by atoms with E-state index >= 15 is 0 Å². The first-order valence-electron chi connectivity index (χ1n) is 15.1. The van der Waals surface area contributed by atoms with Crippen molar-refractivity contribution in [2.45, 2.75) is 83.2 Å². The van der Waals surface area contributed by atoms with E-state index in [1.165, 1.54) is 23.2 Å². The molecule has 2 aromatic rings. The third kappa shape index (κ3) is 9.57. The Kier molecular flexibility index (Phi) is 12.4. The summed E-state index contributed by atoms with van der Waals surface area (Å²) in [5.41, 5.74) is 0.331. The first kappa shape index (κ1) is 35.1. The Labute approximate surface area is 261 Å². The van der Waals surface area contributed by atoms with Gasteiger partial charge in [-0.05, 0) is 65.2 Å². The standard InChI is InChI=1S/C30H48N6O7S/c1-20(2)32-30(39)35(7)16-27-21(3)15-36(22(4)18-37)29(38)25-14-24(33-44(40,41)28-17-34(6)19-31-28)11-12-26(25)43-23(5)10-8-9-13-42-27/h11-12,14,17,19-23,27,33,37H,8-10,13,15-16,18H2,1-7H3,(H,32,39)/t21-,22-,23+,27+/m0/s1. The van der Waals surface area contributed by atoms with Crippen LogP contribution in [0, 0.1) is 5.92 Å². The fourth-order valence-electron chi connectivity index (χ4n) is 4.89. The van der Waals surface area contributed by atoms with E-state index in [0.29, 0.717) is 25.3 Å². The quantitative estimate of drug-likeness (QED) is 0.399. The SMILES string of the molecule is CC(C)NC(=O)N(C)C[C@H]1OCCCC[C@@H](C)Oc2ccc(NS(=O)(=O)c3cn(C)cn3)cc2C(=O)N([C@@H](C)CO)C[C@@H]1C. The Hall–Kier alpha value is -3.36. The van der Waals surface area contributed by atoms with Gasteiger partial charge < -0.3 is 34.3 Å². The summed E-state index contributed by atoms with van der Waals surface area (Å²) >= 11 is 0. The van der Waals surface area contributed by atoms with E-state index in [2.05, 4.69) is 15.0 Å². The van der Waals surface area contributed by atoms with Crippen LogP contribution in [-0.2, 0) is 21.8 Å². The number of nitrogens with one attached hydrogen (secondary N) is 2. The lowest BCUT2D eigenvalue weighted by molar-refractivity contribution is -0.0122. The van der Waals surface area contributed by atoms with Crippen molar-refractivity contribution in [1.29, 1.82) is 0 Å². The number of benzene rings is 1. The van der Waals surface area contributed by atoms with Crippen molar-refractivity contribution >= 4 is 27.6 Å². The number of urea groups is 1. The number of aliphatic hydroxyl groups is 1. The van der Waals surface area contributed by atoms with Crippen molar-refractivity contribution in [2.75, 3.05) is 38.1 Å². The monoisotopic (exact) mass is 636 g/mol. The highest BCUT2D eigenvalue weighted by Crippen LogP contribution is 2.29. The first-order valence-corrected chi connectivity index (χ1v) is 16.6. The number of aryl methyl sites for hydroxylation is 1. The highest BCUT2D eigenvalue weighted by molar-refractivity contribution is 7.92. The van der Waals surface area contributed by atoms with Crippen molar-refractivity contribution in [3.63, 3.8) is 0 Å². The van der Waals surface area contributed by atoms with Gasteiger partial charge in [0.05, 0.1) is 36.7 Å². The zero-order valence-corrected chi connectivity index (χ0v) is 27.6. The second-order valence-electron chi connectivity index (χ2n) is 12.0. The Bertz CT molecular complexity index is 1370. The maximum absolute atomic E-state index is 14.2. The Morgan fingerprint density at radius 2 is 1.95 bits per heavy atom. The number of aliphatic hydroxyl groups excluding tert-OH is 1. The predicted octanol–water partition coefficient (Wildman–Crippen LogP) is 3.07. The van der Waals surface area contributed by atoms with Crippen LogP contribution in [0.25, 0.3) is 0 Å². The Morgan fingerprint density at radius 3 is 2.59 bits per heavy atom. The summed E-state index contributed by atoms with van der Waals surface area (Å²) in [6, 6.07) is 3.79. The van der Waals surface area contributed by atoms with Crippen LogP contribution in [0.15, 0.2) is 35.7 Å². The molecule has 4 atom stereocenters. The van der Waals surface area contributed by atoms with Crippen LogP contribution >= 0.6 is 0 Å². The van der Waals surface area contributed by atoms with Gasteiger partial charge in [-0.15, -0.1) is 0 Å². The number of fused-ring (bicyclic) bond motifs is 1. The smallest absolute Gasteiger partial charge is 0.317 e. The molecule has 0 bridgehead atoms. The summed E-state index contributed by atoms with van der Waals surface area (Å²) in [5.74, 6) is -0.332. The summed E-state index contributed by atoms with van der Waals surface area (Å²) in [6.45, 7) is 10.1. The Morgan fingerprint density at radius 1 is 1.23 bits per heavy atom. The van der Waals surface area contributed by atoms with Crippen LogP contribution in [0.2, 0.25) is 0 Å². The molecule has 1 aliphatic rings. The highest BCUT2D eigenvalue weighted by Gasteiger charge is 2.31. The van der Waals surface area contributed by atoms with E-state index < -0.39 is 22.0 Å². The number of hydrogen-bond donors (Lipinski definition) is 3. The van der Waals surface area contributed by atoms with E-state index in [1.54, 1.807) is 43.0 Å². The summed E-state index contributed by atoms with van der Waals surface area (Å²) < 4.78 is 42.5. The minimum Gasteiger partial charge on any atom is -0.490 e.